The van der Waals surface area contributed by atoms with Crippen LogP contribution in [0.15, 0.2) is 57.9 Å². The van der Waals surface area contributed by atoms with Gasteiger partial charge in [0.15, 0.2) is 9.84 Å². The van der Waals surface area contributed by atoms with Gasteiger partial charge < -0.3 is 9.88 Å². The van der Waals surface area contributed by atoms with Crippen molar-refractivity contribution >= 4 is 36.7 Å². The predicted molar refractivity (Wildman–Crippen MR) is 116 cm³/mol. The van der Waals surface area contributed by atoms with E-state index in [1.54, 1.807) is 24.3 Å². The zero-order valence-corrected chi connectivity index (χ0v) is 18.3. The number of aromatic nitrogens is 1. The number of rotatable bonds is 5. The number of nitrogens with zero attached hydrogens (tertiary/aromatic N) is 2. The van der Waals surface area contributed by atoms with Crippen LogP contribution in [0.5, 0.6) is 0 Å². The second-order valence-corrected chi connectivity index (χ2v) is 10.3. The summed E-state index contributed by atoms with van der Waals surface area (Å²) in [6.07, 6.45) is 0. The number of H-pyrrole nitrogens is 1. The molecule has 0 amide bonds. The maximum absolute atomic E-state index is 13.0. The Kier molecular flexibility index (Phi) is 5.60. The van der Waals surface area contributed by atoms with Gasteiger partial charge in [0.25, 0.3) is 0 Å². The zero-order valence-electron chi connectivity index (χ0n) is 15.9. The van der Waals surface area contributed by atoms with E-state index in [4.69, 9.17) is 0 Å². The lowest BCUT2D eigenvalue weighted by Gasteiger charge is -2.32. The SMILES string of the molecule is CN1CCN(Cc2c(CS(=O)(=O)c3ccc(Br)cc3)[nH]c3ccccc23)CC1. The Morgan fingerprint density at radius 2 is 1.68 bits per heavy atom. The Balaban J connectivity index is 1.67. The third-order valence-corrected chi connectivity index (χ3v) is 7.57. The smallest absolute Gasteiger partial charge is 0.183 e. The van der Waals surface area contributed by atoms with Crippen LogP contribution >= 0.6 is 15.9 Å². The molecule has 0 aliphatic carbocycles. The summed E-state index contributed by atoms with van der Waals surface area (Å²) >= 11 is 3.36. The van der Waals surface area contributed by atoms with E-state index in [1.165, 1.54) is 0 Å². The molecule has 5 nitrogen and oxygen atoms in total. The van der Waals surface area contributed by atoms with E-state index >= 15 is 0 Å². The molecule has 1 aromatic heterocycles. The normalized spacial score (nSPS) is 16.6. The Hall–Kier alpha value is -1.67. The molecular formula is C21H24BrN3O2S. The van der Waals surface area contributed by atoms with Gasteiger partial charge in [-0.05, 0) is 42.9 Å². The fourth-order valence-electron chi connectivity index (χ4n) is 3.70. The van der Waals surface area contributed by atoms with Crippen molar-refractivity contribution in [1.82, 2.24) is 14.8 Å². The summed E-state index contributed by atoms with van der Waals surface area (Å²) < 4.78 is 26.9. The molecule has 148 valence electrons. The van der Waals surface area contributed by atoms with Gasteiger partial charge in [0.05, 0.1) is 10.6 Å². The summed E-state index contributed by atoms with van der Waals surface area (Å²) in [7, 11) is -1.29. The highest BCUT2D eigenvalue weighted by Gasteiger charge is 2.23. The van der Waals surface area contributed by atoms with E-state index in [1.807, 2.05) is 18.2 Å². The van der Waals surface area contributed by atoms with Crippen LogP contribution in [0.1, 0.15) is 11.3 Å². The van der Waals surface area contributed by atoms with E-state index in [0.717, 1.165) is 59.4 Å². The lowest BCUT2D eigenvalue weighted by atomic mass is 10.1. The van der Waals surface area contributed by atoms with Crippen molar-refractivity contribution in [2.75, 3.05) is 33.2 Å². The topological polar surface area (TPSA) is 56.4 Å². The molecule has 0 radical (unpaired) electrons. The minimum absolute atomic E-state index is 0.0214. The van der Waals surface area contributed by atoms with Crippen LogP contribution in [0.4, 0.5) is 0 Å². The van der Waals surface area contributed by atoms with Gasteiger partial charge in [0.2, 0.25) is 0 Å². The van der Waals surface area contributed by atoms with Gasteiger partial charge in [-0.25, -0.2) is 8.42 Å². The molecule has 3 aromatic rings. The molecule has 1 N–H and O–H groups in total. The van der Waals surface area contributed by atoms with Crippen LogP contribution in [-0.2, 0) is 22.1 Å². The Morgan fingerprint density at radius 3 is 2.39 bits per heavy atom. The number of hydrogen-bond donors (Lipinski definition) is 1. The van der Waals surface area contributed by atoms with Crippen molar-refractivity contribution in [3.8, 4) is 0 Å². The Labute approximate surface area is 174 Å². The van der Waals surface area contributed by atoms with Gasteiger partial charge >= 0.3 is 0 Å². The highest BCUT2D eigenvalue weighted by molar-refractivity contribution is 9.10. The molecule has 4 rings (SSSR count). The van der Waals surface area contributed by atoms with Crippen LogP contribution in [0.25, 0.3) is 10.9 Å². The predicted octanol–water partition coefficient (Wildman–Crippen LogP) is 3.65. The lowest BCUT2D eigenvalue weighted by molar-refractivity contribution is 0.148. The van der Waals surface area contributed by atoms with Crippen molar-refractivity contribution in [2.24, 2.45) is 0 Å². The third-order valence-electron chi connectivity index (χ3n) is 5.39. The quantitative estimate of drug-likeness (QED) is 0.629. The number of piperazine rings is 1. The van der Waals surface area contributed by atoms with Crippen molar-refractivity contribution < 1.29 is 8.42 Å². The molecule has 1 saturated heterocycles. The minimum Gasteiger partial charge on any atom is -0.357 e. The number of nitrogens with one attached hydrogen (secondary N) is 1. The van der Waals surface area contributed by atoms with E-state index < -0.39 is 9.84 Å². The van der Waals surface area contributed by atoms with E-state index in [2.05, 4.69) is 43.8 Å². The monoisotopic (exact) mass is 461 g/mol. The molecule has 0 bridgehead atoms. The molecule has 0 spiro atoms. The van der Waals surface area contributed by atoms with Crippen LogP contribution in [0, 0.1) is 0 Å². The molecule has 1 fully saturated rings. The van der Waals surface area contributed by atoms with Gasteiger partial charge in [-0.15, -0.1) is 0 Å². The molecule has 28 heavy (non-hydrogen) atoms. The van der Waals surface area contributed by atoms with Gasteiger partial charge in [-0.2, -0.15) is 0 Å². The summed E-state index contributed by atoms with van der Waals surface area (Å²) in [4.78, 5) is 8.45. The van der Waals surface area contributed by atoms with Crippen molar-refractivity contribution in [3.05, 3.63) is 64.3 Å². The summed E-state index contributed by atoms with van der Waals surface area (Å²) in [5, 5.41) is 1.11. The lowest BCUT2D eigenvalue weighted by Crippen LogP contribution is -2.44. The first kappa shape index (κ1) is 19.6. The first-order valence-electron chi connectivity index (χ1n) is 9.40. The highest BCUT2D eigenvalue weighted by atomic mass is 79.9. The maximum Gasteiger partial charge on any atom is 0.183 e. The van der Waals surface area contributed by atoms with Crippen LogP contribution in [0.2, 0.25) is 0 Å². The standard InChI is InChI=1S/C21H24BrN3O2S/c1-24-10-12-25(13-11-24)14-19-18-4-2-3-5-20(18)23-21(19)15-28(26,27)17-8-6-16(22)7-9-17/h2-9,23H,10-15H2,1H3. The third kappa shape index (κ3) is 4.17. The molecule has 0 atom stereocenters. The average molecular weight is 462 g/mol. The summed E-state index contributed by atoms with van der Waals surface area (Å²) in [6.45, 7) is 4.83. The average Bonchev–Trinajstić information content (AvgIpc) is 3.00. The fraction of sp³-hybridized carbons (Fsp3) is 0.333. The van der Waals surface area contributed by atoms with Gasteiger partial charge in [0.1, 0.15) is 0 Å². The minimum atomic E-state index is -3.43. The first-order valence-corrected chi connectivity index (χ1v) is 11.8. The number of aromatic amines is 1. The molecule has 2 aromatic carbocycles. The van der Waals surface area contributed by atoms with Crippen LogP contribution in [-0.4, -0.2) is 56.4 Å². The molecule has 1 aliphatic rings. The number of hydrogen-bond acceptors (Lipinski definition) is 4. The molecule has 0 unspecified atom stereocenters. The fourth-order valence-corrected chi connectivity index (χ4v) is 5.31. The summed E-state index contributed by atoms with van der Waals surface area (Å²) in [5.74, 6) is -0.0214. The van der Waals surface area contributed by atoms with Crippen molar-refractivity contribution in [2.45, 2.75) is 17.2 Å². The molecular weight excluding hydrogens is 438 g/mol. The van der Waals surface area contributed by atoms with Gasteiger partial charge in [-0.1, -0.05) is 34.1 Å². The Morgan fingerprint density at radius 1 is 1.00 bits per heavy atom. The number of sulfone groups is 1. The molecule has 1 aliphatic heterocycles. The number of fused-ring (bicyclic) bond motifs is 1. The first-order chi connectivity index (χ1) is 13.4. The van der Waals surface area contributed by atoms with E-state index in [9.17, 15) is 8.42 Å². The summed E-state index contributed by atoms with van der Waals surface area (Å²) in [5.41, 5.74) is 2.89. The number of likely N-dealkylation sites (N-methyl/N-ethyl adjacent to an activating group) is 1. The summed E-state index contributed by atoms with van der Waals surface area (Å²) in [6, 6.07) is 14.9. The maximum atomic E-state index is 13.0. The van der Waals surface area contributed by atoms with E-state index in [0.29, 0.717) is 4.90 Å². The second kappa shape index (κ2) is 7.99. The van der Waals surface area contributed by atoms with Gasteiger partial charge in [0, 0.05) is 53.8 Å². The second-order valence-electron chi connectivity index (χ2n) is 7.42. The van der Waals surface area contributed by atoms with E-state index in [-0.39, 0.29) is 5.75 Å². The molecule has 0 saturated carbocycles. The number of benzene rings is 2. The molecule has 2 heterocycles. The molecule has 7 heteroatoms. The van der Waals surface area contributed by atoms with Crippen LogP contribution in [0.3, 0.4) is 0 Å². The largest absolute Gasteiger partial charge is 0.357 e. The van der Waals surface area contributed by atoms with Gasteiger partial charge in [-0.3, -0.25) is 4.90 Å². The van der Waals surface area contributed by atoms with Crippen molar-refractivity contribution in [3.63, 3.8) is 0 Å². The number of para-hydroxylation sites is 1. The zero-order chi connectivity index (χ0) is 19.7. The number of halogens is 1. The van der Waals surface area contributed by atoms with Crippen molar-refractivity contribution in [1.29, 1.82) is 0 Å². The Bertz CT molecular complexity index is 1070. The highest BCUT2D eigenvalue weighted by Crippen LogP contribution is 2.28. The van der Waals surface area contributed by atoms with Crippen LogP contribution < -0.4 is 0 Å².